The van der Waals surface area contributed by atoms with Gasteiger partial charge in [-0.1, -0.05) is 38.0 Å². The Kier molecular flexibility index (Phi) is 8.74. The van der Waals surface area contributed by atoms with Gasteiger partial charge in [0.25, 0.3) is 0 Å². The molecule has 6 heteroatoms. The third-order valence-electron chi connectivity index (χ3n) is 6.54. The summed E-state index contributed by atoms with van der Waals surface area (Å²) < 4.78 is 0. The average molecular weight is 457 g/mol. The second kappa shape index (κ2) is 12.4. The second-order valence-corrected chi connectivity index (χ2v) is 8.92. The molecular formula is C28H36N6. The molecule has 3 aromatic rings. The van der Waals surface area contributed by atoms with Gasteiger partial charge in [-0.15, -0.1) is 0 Å². The summed E-state index contributed by atoms with van der Waals surface area (Å²) in [4.78, 5) is 22.8. The van der Waals surface area contributed by atoms with E-state index < -0.39 is 0 Å². The van der Waals surface area contributed by atoms with Crippen LogP contribution < -0.4 is 4.90 Å². The van der Waals surface area contributed by atoms with Crippen LogP contribution in [-0.2, 0) is 0 Å². The first-order valence-electron chi connectivity index (χ1n) is 12.5. The number of unbranched alkanes of at least 4 members (excludes halogenated alkanes) is 2. The van der Waals surface area contributed by atoms with Gasteiger partial charge in [0.2, 0.25) is 0 Å². The van der Waals surface area contributed by atoms with Crippen LogP contribution in [0.3, 0.4) is 0 Å². The molecule has 1 aromatic carbocycles. The van der Waals surface area contributed by atoms with E-state index in [2.05, 4.69) is 68.7 Å². The van der Waals surface area contributed by atoms with E-state index in [4.69, 9.17) is 4.99 Å². The molecule has 2 aromatic heterocycles. The van der Waals surface area contributed by atoms with E-state index in [1.165, 1.54) is 36.0 Å². The molecule has 0 atom stereocenters. The number of aromatic nitrogens is 2. The maximum atomic E-state index is 4.85. The average Bonchev–Trinajstić information content (AvgIpc) is 2.89. The normalized spacial score (nSPS) is 15.1. The van der Waals surface area contributed by atoms with Crippen LogP contribution in [0, 0.1) is 0 Å². The summed E-state index contributed by atoms with van der Waals surface area (Å²) in [6, 6.07) is 12.8. The Bertz CT molecular complexity index is 1090. The number of anilines is 1. The van der Waals surface area contributed by atoms with E-state index in [-0.39, 0.29) is 0 Å². The minimum Gasteiger partial charge on any atom is -0.368 e. The molecule has 1 aliphatic heterocycles. The number of aliphatic imine (C=N–C) groups is 2. The third-order valence-corrected chi connectivity index (χ3v) is 6.54. The summed E-state index contributed by atoms with van der Waals surface area (Å²) in [5.74, 6) is 0. The van der Waals surface area contributed by atoms with E-state index in [0.29, 0.717) is 6.54 Å². The monoisotopic (exact) mass is 456 g/mol. The van der Waals surface area contributed by atoms with Crippen molar-refractivity contribution in [3.05, 3.63) is 55.0 Å². The van der Waals surface area contributed by atoms with Crippen molar-refractivity contribution in [1.82, 2.24) is 14.9 Å². The van der Waals surface area contributed by atoms with E-state index >= 15 is 0 Å². The van der Waals surface area contributed by atoms with Gasteiger partial charge in [-0.2, -0.15) is 0 Å². The highest BCUT2D eigenvalue weighted by molar-refractivity contribution is 5.94. The highest BCUT2D eigenvalue weighted by Crippen LogP contribution is 2.29. The number of piperazine rings is 1. The summed E-state index contributed by atoms with van der Waals surface area (Å²) >= 11 is 0. The molecule has 0 unspecified atom stereocenters. The molecule has 34 heavy (non-hydrogen) atoms. The lowest BCUT2D eigenvalue weighted by Gasteiger charge is -2.36. The molecule has 0 amide bonds. The van der Waals surface area contributed by atoms with Gasteiger partial charge in [-0.3, -0.25) is 24.9 Å². The minimum atomic E-state index is 0.676. The number of benzene rings is 1. The highest BCUT2D eigenvalue weighted by atomic mass is 15.3. The molecule has 0 saturated carbocycles. The number of hydrogen-bond acceptors (Lipinski definition) is 6. The van der Waals surface area contributed by atoms with Crippen LogP contribution in [0.15, 0.2) is 65.0 Å². The number of pyridine rings is 2. The molecule has 3 heterocycles. The fraction of sp³-hybridized carbons (Fsp3) is 0.429. The molecule has 0 spiro atoms. The Balaban J connectivity index is 1.35. The van der Waals surface area contributed by atoms with Crippen LogP contribution >= 0.6 is 0 Å². The summed E-state index contributed by atoms with van der Waals surface area (Å²) in [6.45, 7) is 12.6. The number of fused-ring (bicyclic) bond motifs is 1. The zero-order chi connectivity index (χ0) is 23.6. The van der Waals surface area contributed by atoms with Gasteiger partial charge in [0, 0.05) is 73.7 Å². The van der Waals surface area contributed by atoms with Crippen LogP contribution in [0.5, 0.6) is 0 Å². The summed E-state index contributed by atoms with van der Waals surface area (Å²) in [5.41, 5.74) is 5.77. The molecule has 1 aliphatic rings. The molecule has 0 aliphatic carbocycles. The molecular weight excluding hydrogens is 420 g/mol. The van der Waals surface area contributed by atoms with Gasteiger partial charge in [-0.25, -0.2) is 0 Å². The maximum absolute atomic E-state index is 4.85. The maximum Gasteiger partial charge on any atom is 0.0760 e. The van der Waals surface area contributed by atoms with Crippen molar-refractivity contribution in [3.63, 3.8) is 0 Å². The Hall–Kier alpha value is -3.12. The summed E-state index contributed by atoms with van der Waals surface area (Å²) in [6.07, 6.45) is 10.4. The van der Waals surface area contributed by atoms with Crippen molar-refractivity contribution in [2.45, 2.75) is 32.6 Å². The number of nitrogens with zero attached hydrogens (tertiary/aromatic N) is 6. The largest absolute Gasteiger partial charge is 0.368 e. The SMILES string of the molecule is C=NCC(CCCCC)=NCCN1CCN(c2ccnc3cc(-c4cccnc4)ccc23)CC1. The zero-order valence-corrected chi connectivity index (χ0v) is 20.4. The molecule has 0 bridgehead atoms. The molecule has 1 saturated heterocycles. The number of hydrogen-bond donors (Lipinski definition) is 0. The lowest BCUT2D eigenvalue weighted by atomic mass is 10.0. The quantitative estimate of drug-likeness (QED) is 0.296. The predicted octanol–water partition coefficient (Wildman–Crippen LogP) is 5.14. The Labute approximate surface area is 203 Å². The molecule has 4 rings (SSSR count). The van der Waals surface area contributed by atoms with Crippen molar-refractivity contribution < 1.29 is 0 Å². The van der Waals surface area contributed by atoms with Crippen LogP contribution in [0.1, 0.15) is 32.6 Å². The highest BCUT2D eigenvalue weighted by Gasteiger charge is 2.19. The van der Waals surface area contributed by atoms with E-state index in [0.717, 1.165) is 62.3 Å². The Morgan fingerprint density at radius 3 is 2.68 bits per heavy atom. The lowest BCUT2D eigenvalue weighted by Crippen LogP contribution is -2.47. The minimum absolute atomic E-state index is 0.676. The Morgan fingerprint density at radius 2 is 1.91 bits per heavy atom. The van der Waals surface area contributed by atoms with E-state index in [1.54, 1.807) is 6.20 Å². The molecule has 0 radical (unpaired) electrons. The first-order valence-corrected chi connectivity index (χ1v) is 12.5. The lowest BCUT2D eigenvalue weighted by molar-refractivity contribution is 0.265. The van der Waals surface area contributed by atoms with Crippen LogP contribution in [0.4, 0.5) is 5.69 Å². The smallest absolute Gasteiger partial charge is 0.0760 e. The Morgan fingerprint density at radius 1 is 1.03 bits per heavy atom. The van der Waals surface area contributed by atoms with Gasteiger partial charge < -0.3 is 4.90 Å². The second-order valence-electron chi connectivity index (χ2n) is 8.92. The summed E-state index contributed by atoms with van der Waals surface area (Å²) in [5, 5.41) is 1.21. The molecule has 6 nitrogen and oxygen atoms in total. The predicted molar refractivity (Wildman–Crippen MR) is 144 cm³/mol. The van der Waals surface area contributed by atoms with Gasteiger partial charge in [0.15, 0.2) is 0 Å². The zero-order valence-electron chi connectivity index (χ0n) is 20.4. The van der Waals surface area contributed by atoms with Gasteiger partial charge >= 0.3 is 0 Å². The molecule has 1 fully saturated rings. The molecule has 0 N–H and O–H groups in total. The van der Waals surface area contributed by atoms with Crippen LogP contribution in [-0.4, -0.2) is 73.1 Å². The fourth-order valence-corrected chi connectivity index (χ4v) is 4.60. The third kappa shape index (κ3) is 6.26. The topological polar surface area (TPSA) is 57.0 Å². The molecule has 178 valence electrons. The first-order chi connectivity index (χ1) is 16.8. The van der Waals surface area contributed by atoms with E-state index in [9.17, 15) is 0 Å². The van der Waals surface area contributed by atoms with Crippen molar-refractivity contribution in [2.24, 2.45) is 9.98 Å². The first kappa shape index (κ1) is 24.0. The van der Waals surface area contributed by atoms with Gasteiger partial charge in [0.1, 0.15) is 0 Å². The van der Waals surface area contributed by atoms with Gasteiger partial charge in [-0.05, 0) is 43.3 Å². The van der Waals surface area contributed by atoms with Gasteiger partial charge in [0.05, 0.1) is 18.6 Å². The van der Waals surface area contributed by atoms with Crippen LogP contribution in [0.25, 0.3) is 22.0 Å². The van der Waals surface area contributed by atoms with Crippen molar-refractivity contribution in [3.8, 4) is 11.1 Å². The van der Waals surface area contributed by atoms with Crippen molar-refractivity contribution in [1.29, 1.82) is 0 Å². The van der Waals surface area contributed by atoms with Crippen molar-refractivity contribution in [2.75, 3.05) is 50.7 Å². The van der Waals surface area contributed by atoms with Crippen LogP contribution in [0.2, 0.25) is 0 Å². The number of rotatable bonds is 11. The summed E-state index contributed by atoms with van der Waals surface area (Å²) in [7, 11) is 0. The standard InChI is InChI=1S/C28H36N6/c1-3-4-5-8-25(22-29-2)31-14-15-33-16-18-34(19-17-33)28-11-13-32-27-20-23(9-10-26(27)28)24-7-6-12-30-21-24/h6-7,9-13,20-21H,2-5,8,14-19,22H2,1H3. The van der Waals surface area contributed by atoms with E-state index in [1.807, 2.05) is 18.5 Å². The fourth-order valence-electron chi connectivity index (χ4n) is 4.60. The van der Waals surface area contributed by atoms with Crippen molar-refractivity contribution >= 4 is 29.0 Å².